The fourth-order valence-electron chi connectivity index (χ4n) is 3.20. The minimum Gasteiger partial charge on any atom is -0.497 e. The Labute approximate surface area is 157 Å². The third kappa shape index (κ3) is 3.06. The van der Waals surface area contributed by atoms with Gasteiger partial charge in [-0.1, -0.05) is 6.07 Å². The van der Waals surface area contributed by atoms with Gasteiger partial charge in [0.05, 0.1) is 25.5 Å². The van der Waals surface area contributed by atoms with Crippen molar-refractivity contribution in [3.8, 4) is 11.5 Å². The van der Waals surface area contributed by atoms with Crippen molar-refractivity contribution in [3.63, 3.8) is 0 Å². The van der Waals surface area contributed by atoms with Crippen LogP contribution in [0.2, 0.25) is 0 Å². The number of pyridine rings is 1. The molecule has 0 saturated carbocycles. The third-order valence-corrected chi connectivity index (χ3v) is 4.53. The topological polar surface area (TPSA) is 63.7 Å². The number of benzene rings is 2. The molecule has 1 aliphatic heterocycles. The lowest BCUT2D eigenvalue weighted by Crippen LogP contribution is -2.32. The van der Waals surface area contributed by atoms with Gasteiger partial charge >= 0.3 is 0 Å². The lowest BCUT2D eigenvalue weighted by atomic mass is 10.2. The van der Waals surface area contributed by atoms with Crippen LogP contribution in [-0.2, 0) is 0 Å². The van der Waals surface area contributed by atoms with E-state index in [0.29, 0.717) is 11.3 Å². The van der Waals surface area contributed by atoms with Gasteiger partial charge in [0, 0.05) is 23.6 Å². The molecule has 0 spiro atoms. The largest absolute Gasteiger partial charge is 0.497 e. The van der Waals surface area contributed by atoms with Crippen LogP contribution in [0, 0.1) is 0 Å². The Kier molecular flexibility index (Phi) is 4.38. The molecular formula is C21H19N3O3. The highest BCUT2D eigenvalue weighted by molar-refractivity contribution is 6.11. The monoisotopic (exact) mass is 361 g/mol. The minimum absolute atomic E-state index is 0.0938. The summed E-state index contributed by atoms with van der Waals surface area (Å²) in [5.74, 6) is 1.38. The molecule has 27 heavy (non-hydrogen) atoms. The van der Waals surface area contributed by atoms with E-state index in [1.807, 2.05) is 48.5 Å². The average Bonchev–Trinajstić information content (AvgIpc) is 3.00. The summed E-state index contributed by atoms with van der Waals surface area (Å²) in [7, 11) is 3.24. The molecule has 0 radical (unpaired) electrons. The van der Waals surface area contributed by atoms with Crippen LogP contribution in [0.5, 0.6) is 11.5 Å². The molecule has 2 heterocycles. The number of aromatic nitrogens is 1. The first-order valence-corrected chi connectivity index (χ1v) is 8.54. The molecule has 1 aliphatic rings. The Morgan fingerprint density at radius 1 is 0.963 bits per heavy atom. The number of anilines is 2. The van der Waals surface area contributed by atoms with Gasteiger partial charge in [-0.15, -0.1) is 0 Å². The van der Waals surface area contributed by atoms with E-state index in [1.165, 1.54) is 0 Å². The van der Waals surface area contributed by atoms with Crippen molar-refractivity contribution >= 4 is 17.3 Å². The highest BCUT2D eigenvalue weighted by atomic mass is 16.5. The summed E-state index contributed by atoms with van der Waals surface area (Å²) in [6.45, 7) is 0. The predicted octanol–water partition coefficient (Wildman–Crippen LogP) is 3.87. The summed E-state index contributed by atoms with van der Waals surface area (Å²) >= 11 is 0. The number of carbonyl (C=O) groups excluding carboxylic acids is 1. The van der Waals surface area contributed by atoms with Crippen LogP contribution >= 0.6 is 0 Å². The number of hydrogen-bond donors (Lipinski definition) is 1. The average molecular weight is 361 g/mol. The molecule has 1 atom stereocenters. The zero-order chi connectivity index (χ0) is 18.8. The van der Waals surface area contributed by atoms with Gasteiger partial charge in [0.15, 0.2) is 6.17 Å². The summed E-state index contributed by atoms with van der Waals surface area (Å²) in [6, 6.07) is 18.6. The number of carbonyl (C=O) groups is 1. The van der Waals surface area contributed by atoms with Gasteiger partial charge in [-0.2, -0.15) is 0 Å². The SMILES string of the molecule is COc1ccc(N2C(=O)c3cccnc3[C@H]2Nc2cccc(OC)c2)cc1. The molecule has 6 nitrogen and oxygen atoms in total. The van der Waals surface area contributed by atoms with Crippen molar-refractivity contribution in [2.75, 3.05) is 24.4 Å². The molecule has 0 bridgehead atoms. The number of nitrogens with one attached hydrogen (secondary N) is 1. The number of methoxy groups -OCH3 is 2. The molecule has 4 rings (SSSR count). The number of rotatable bonds is 5. The maximum Gasteiger partial charge on any atom is 0.262 e. The molecule has 0 fully saturated rings. The molecule has 6 heteroatoms. The zero-order valence-electron chi connectivity index (χ0n) is 15.0. The Hall–Kier alpha value is -3.54. The van der Waals surface area contributed by atoms with E-state index >= 15 is 0 Å². The lowest BCUT2D eigenvalue weighted by Gasteiger charge is -2.26. The first-order valence-electron chi connectivity index (χ1n) is 8.54. The van der Waals surface area contributed by atoms with E-state index in [1.54, 1.807) is 37.4 Å². The molecule has 0 saturated heterocycles. The van der Waals surface area contributed by atoms with Crippen molar-refractivity contribution in [3.05, 3.63) is 78.1 Å². The van der Waals surface area contributed by atoms with Crippen LogP contribution in [0.3, 0.4) is 0 Å². The van der Waals surface area contributed by atoms with Gasteiger partial charge in [0.2, 0.25) is 0 Å². The third-order valence-electron chi connectivity index (χ3n) is 4.53. The second-order valence-electron chi connectivity index (χ2n) is 6.09. The quantitative estimate of drug-likeness (QED) is 0.747. The molecular weight excluding hydrogens is 342 g/mol. The minimum atomic E-state index is -0.422. The van der Waals surface area contributed by atoms with Crippen LogP contribution in [0.1, 0.15) is 22.2 Å². The summed E-state index contributed by atoms with van der Waals surface area (Å²) in [4.78, 5) is 19.2. The first kappa shape index (κ1) is 16.9. The maximum atomic E-state index is 13.1. The lowest BCUT2D eigenvalue weighted by molar-refractivity contribution is 0.0993. The summed E-state index contributed by atoms with van der Waals surface area (Å²) in [6.07, 6.45) is 1.28. The van der Waals surface area contributed by atoms with E-state index in [4.69, 9.17) is 9.47 Å². The maximum absolute atomic E-state index is 13.1. The molecule has 1 amide bonds. The summed E-state index contributed by atoms with van der Waals surface area (Å²) in [5.41, 5.74) is 2.89. The van der Waals surface area contributed by atoms with Crippen molar-refractivity contribution in [1.29, 1.82) is 0 Å². The van der Waals surface area contributed by atoms with Crippen molar-refractivity contribution in [2.24, 2.45) is 0 Å². The molecule has 0 aliphatic carbocycles. The van der Waals surface area contributed by atoms with E-state index < -0.39 is 6.17 Å². The van der Waals surface area contributed by atoms with Crippen LogP contribution in [-0.4, -0.2) is 25.1 Å². The Bertz CT molecular complexity index is 972. The number of hydrogen-bond acceptors (Lipinski definition) is 5. The van der Waals surface area contributed by atoms with Crippen molar-refractivity contribution in [2.45, 2.75) is 6.17 Å². The predicted molar refractivity (Wildman–Crippen MR) is 103 cm³/mol. The Balaban J connectivity index is 1.74. The molecule has 0 unspecified atom stereocenters. The summed E-state index contributed by atoms with van der Waals surface area (Å²) < 4.78 is 10.5. The van der Waals surface area contributed by atoms with Crippen LogP contribution in [0.15, 0.2) is 66.9 Å². The second-order valence-corrected chi connectivity index (χ2v) is 6.09. The second kappa shape index (κ2) is 6.99. The highest BCUT2D eigenvalue weighted by Gasteiger charge is 2.39. The van der Waals surface area contributed by atoms with E-state index in [2.05, 4.69) is 10.3 Å². The first-order chi connectivity index (χ1) is 13.2. The van der Waals surface area contributed by atoms with Crippen molar-refractivity contribution in [1.82, 2.24) is 4.98 Å². The van der Waals surface area contributed by atoms with Gasteiger partial charge in [-0.3, -0.25) is 14.7 Å². The van der Waals surface area contributed by atoms with E-state index in [-0.39, 0.29) is 5.91 Å². The van der Waals surface area contributed by atoms with Gasteiger partial charge < -0.3 is 14.8 Å². The van der Waals surface area contributed by atoms with Gasteiger partial charge in [0.1, 0.15) is 11.5 Å². The van der Waals surface area contributed by atoms with E-state index in [0.717, 1.165) is 22.9 Å². The highest BCUT2D eigenvalue weighted by Crippen LogP contribution is 2.37. The number of fused-ring (bicyclic) bond motifs is 1. The molecule has 3 aromatic rings. The van der Waals surface area contributed by atoms with Crippen LogP contribution in [0.4, 0.5) is 11.4 Å². The number of ether oxygens (including phenoxy) is 2. The number of nitrogens with zero attached hydrogens (tertiary/aromatic N) is 2. The summed E-state index contributed by atoms with van der Waals surface area (Å²) in [5, 5.41) is 3.41. The Morgan fingerprint density at radius 2 is 1.74 bits per heavy atom. The zero-order valence-corrected chi connectivity index (χ0v) is 15.0. The van der Waals surface area contributed by atoms with Crippen LogP contribution < -0.4 is 19.7 Å². The van der Waals surface area contributed by atoms with Crippen LogP contribution in [0.25, 0.3) is 0 Å². The molecule has 1 N–H and O–H groups in total. The van der Waals surface area contributed by atoms with E-state index in [9.17, 15) is 4.79 Å². The fraction of sp³-hybridized carbons (Fsp3) is 0.143. The van der Waals surface area contributed by atoms with Gasteiger partial charge in [0.25, 0.3) is 5.91 Å². The number of amides is 1. The molecule has 1 aromatic heterocycles. The normalized spacial score (nSPS) is 15.4. The smallest absolute Gasteiger partial charge is 0.262 e. The molecule has 136 valence electrons. The standard InChI is InChI=1S/C21H19N3O3/c1-26-16-10-8-15(9-11-16)24-20(19-18(21(24)25)7-4-12-22-19)23-14-5-3-6-17(13-14)27-2/h3-13,20,23H,1-2H3/t20-/m0/s1. The fourth-order valence-corrected chi connectivity index (χ4v) is 3.20. The van der Waals surface area contributed by atoms with Crippen molar-refractivity contribution < 1.29 is 14.3 Å². The van der Waals surface area contributed by atoms with Gasteiger partial charge in [-0.05, 0) is 48.5 Å². The molecule has 2 aromatic carbocycles. The Morgan fingerprint density at radius 3 is 2.48 bits per heavy atom. The van der Waals surface area contributed by atoms with Gasteiger partial charge in [-0.25, -0.2) is 0 Å².